The third kappa shape index (κ3) is 6.25. The number of hydrogen-bond acceptors (Lipinski definition) is 7. The van der Waals surface area contributed by atoms with Gasteiger partial charge in [-0.3, -0.25) is 14.4 Å². The number of methoxy groups -OCH3 is 1. The molecule has 2 aromatic rings. The van der Waals surface area contributed by atoms with Crippen LogP contribution in [0.3, 0.4) is 0 Å². The molecule has 2 heterocycles. The summed E-state index contributed by atoms with van der Waals surface area (Å²) in [5.41, 5.74) is 2.28. The first-order valence-electron chi connectivity index (χ1n) is 10.2. The van der Waals surface area contributed by atoms with E-state index >= 15 is 0 Å². The van der Waals surface area contributed by atoms with Crippen molar-refractivity contribution in [3.05, 3.63) is 42.0 Å². The summed E-state index contributed by atoms with van der Waals surface area (Å²) in [7, 11) is 1.32. The number of aromatic nitrogens is 2. The van der Waals surface area contributed by atoms with Gasteiger partial charge in [0.2, 0.25) is 11.8 Å². The highest BCUT2D eigenvalue weighted by atomic mass is 32.2. The molecular formula is C22H25FN4O4S. The van der Waals surface area contributed by atoms with Crippen LogP contribution in [0.2, 0.25) is 0 Å². The number of carbonyl (C=O) groups excluding carboxylic acids is 3. The van der Waals surface area contributed by atoms with Crippen molar-refractivity contribution < 1.29 is 23.5 Å². The number of carbonyl (C=O) groups is 3. The van der Waals surface area contributed by atoms with E-state index in [0.29, 0.717) is 18.2 Å². The highest BCUT2D eigenvalue weighted by Gasteiger charge is 2.28. The number of rotatable bonds is 7. The maximum atomic E-state index is 13.4. The van der Waals surface area contributed by atoms with E-state index in [1.165, 1.54) is 37.9 Å². The highest BCUT2D eigenvalue weighted by Crippen LogP contribution is 2.34. The molecule has 2 amide bonds. The molecule has 1 aliphatic heterocycles. The molecule has 1 aromatic heterocycles. The molecule has 1 aromatic carbocycles. The molecule has 0 bridgehead atoms. The van der Waals surface area contributed by atoms with Crippen molar-refractivity contribution in [2.75, 3.05) is 32.5 Å². The van der Waals surface area contributed by atoms with Crippen LogP contribution in [0.1, 0.15) is 31.4 Å². The summed E-state index contributed by atoms with van der Waals surface area (Å²) in [4.78, 5) is 46.0. The van der Waals surface area contributed by atoms with Gasteiger partial charge >= 0.3 is 5.97 Å². The number of piperidine rings is 1. The van der Waals surface area contributed by atoms with Gasteiger partial charge in [0.25, 0.3) is 0 Å². The Morgan fingerprint density at radius 2 is 2.03 bits per heavy atom. The van der Waals surface area contributed by atoms with Gasteiger partial charge < -0.3 is 15.0 Å². The van der Waals surface area contributed by atoms with Crippen LogP contribution in [0, 0.1) is 5.82 Å². The molecule has 1 unspecified atom stereocenters. The molecule has 3 rings (SSSR count). The fourth-order valence-electron chi connectivity index (χ4n) is 3.53. The van der Waals surface area contributed by atoms with E-state index in [-0.39, 0.29) is 41.8 Å². The van der Waals surface area contributed by atoms with Crippen LogP contribution in [0.25, 0.3) is 11.1 Å². The number of esters is 1. The normalized spacial score (nSPS) is 15.8. The van der Waals surface area contributed by atoms with Crippen LogP contribution in [0.15, 0.2) is 35.6 Å². The van der Waals surface area contributed by atoms with Crippen LogP contribution < -0.4 is 5.32 Å². The fraction of sp³-hybridized carbons (Fsp3) is 0.409. The zero-order valence-electron chi connectivity index (χ0n) is 18.0. The second-order valence-electron chi connectivity index (χ2n) is 7.41. The lowest BCUT2D eigenvalue weighted by Crippen LogP contribution is -2.44. The molecule has 10 heteroatoms. The number of halogens is 1. The summed E-state index contributed by atoms with van der Waals surface area (Å²) in [6, 6.07) is 6.09. The molecule has 0 spiro atoms. The fourth-order valence-corrected chi connectivity index (χ4v) is 4.19. The molecule has 32 heavy (non-hydrogen) atoms. The predicted molar refractivity (Wildman–Crippen MR) is 117 cm³/mol. The minimum absolute atomic E-state index is 0.0448. The molecule has 1 atom stereocenters. The van der Waals surface area contributed by atoms with Crippen molar-refractivity contribution in [2.24, 2.45) is 0 Å². The number of nitrogens with one attached hydrogen (secondary N) is 1. The molecule has 0 radical (unpaired) electrons. The van der Waals surface area contributed by atoms with Crippen molar-refractivity contribution in [3.63, 3.8) is 0 Å². The van der Waals surface area contributed by atoms with Crippen molar-refractivity contribution in [3.8, 4) is 11.1 Å². The van der Waals surface area contributed by atoms with Crippen LogP contribution >= 0.6 is 11.8 Å². The molecule has 1 fully saturated rings. The second-order valence-corrected chi connectivity index (χ2v) is 8.35. The number of nitrogens with zero attached hydrogens (tertiary/aromatic N) is 3. The average molecular weight is 461 g/mol. The van der Waals surface area contributed by atoms with E-state index in [1.807, 2.05) is 0 Å². The summed E-state index contributed by atoms with van der Waals surface area (Å²) in [5, 5.41) is 2.97. The van der Waals surface area contributed by atoms with E-state index in [4.69, 9.17) is 4.98 Å². The number of benzene rings is 1. The van der Waals surface area contributed by atoms with Gasteiger partial charge in [-0.25, -0.2) is 14.4 Å². The zero-order chi connectivity index (χ0) is 23.1. The van der Waals surface area contributed by atoms with Gasteiger partial charge in [-0.2, -0.15) is 0 Å². The second kappa shape index (κ2) is 11.0. The average Bonchev–Trinajstić information content (AvgIpc) is 2.81. The minimum atomic E-state index is -0.379. The summed E-state index contributed by atoms with van der Waals surface area (Å²) < 4.78 is 18.1. The molecule has 0 aliphatic carbocycles. The van der Waals surface area contributed by atoms with E-state index in [0.717, 1.165) is 29.7 Å². The van der Waals surface area contributed by atoms with Gasteiger partial charge in [0.05, 0.1) is 25.1 Å². The first-order valence-corrected chi connectivity index (χ1v) is 11.2. The first kappa shape index (κ1) is 23.6. The Morgan fingerprint density at radius 1 is 1.28 bits per heavy atom. The Labute approximate surface area is 189 Å². The third-order valence-corrected chi connectivity index (χ3v) is 5.98. The topological polar surface area (TPSA) is 101 Å². The molecule has 170 valence electrons. The van der Waals surface area contributed by atoms with Gasteiger partial charge in [0.1, 0.15) is 5.82 Å². The number of thioether (sulfide) groups is 1. The van der Waals surface area contributed by atoms with Gasteiger partial charge in [-0.05, 0) is 30.5 Å². The standard InChI is InChI=1S/C22H25FN4O4S/c1-14(28)24-11-19(29)27-9-3-4-16(12-27)21-18(15-5-7-17(23)8-6-15)10-25-22(26-21)32-13-20(30)31-2/h5-8,10,16H,3-4,9,11-13H2,1-2H3,(H,24,28). The summed E-state index contributed by atoms with van der Waals surface area (Å²) in [6.45, 7) is 2.38. The van der Waals surface area contributed by atoms with Crippen LogP contribution in [-0.4, -0.2) is 65.1 Å². The lowest BCUT2D eigenvalue weighted by Gasteiger charge is -2.33. The highest BCUT2D eigenvalue weighted by molar-refractivity contribution is 7.99. The van der Waals surface area contributed by atoms with E-state index < -0.39 is 0 Å². The maximum Gasteiger partial charge on any atom is 0.316 e. The van der Waals surface area contributed by atoms with Gasteiger partial charge in [-0.1, -0.05) is 23.9 Å². The zero-order valence-corrected chi connectivity index (χ0v) is 18.8. The number of amides is 2. The molecule has 0 saturated carbocycles. The third-order valence-electron chi connectivity index (χ3n) is 5.15. The lowest BCUT2D eigenvalue weighted by molar-refractivity contribution is -0.137. The molecule has 8 nitrogen and oxygen atoms in total. The van der Waals surface area contributed by atoms with Crippen LogP contribution in [-0.2, 0) is 19.1 Å². The Balaban J connectivity index is 1.88. The predicted octanol–water partition coefficient (Wildman–Crippen LogP) is 2.39. The first-order chi connectivity index (χ1) is 15.4. The monoisotopic (exact) mass is 460 g/mol. The van der Waals surface area contributed by atoms with E-state index in [1.54, 1.807) is 23.2 Å². The van der Waals surface area contributed by atoms with E-state index in [2.05, 4.69) is 15.0 Å². The molecular weight excluding hydrogens is 435 g/mol. The van der Waals surface area contributed by atoms with Crippen molar-refractivity contribution in [1.82, 2.24) is 20.2 Å². The number of ether oxygens (including phenoxy) is 1. The molecule has 1 saturated heterocycles. The van der Waals surface area contributed by atoms with Crippen molar-refractivity contribution in [2.45, 2.75) is 30.8 Å². The van der Waals surface area contributed by atoms with Crippen molar-refractivity contribution >= 4 is 29.5 Å². The summed E-state index contributed by atoms with van der Waals surface area (Å²) >= 11 is 1.17. The van der Waals surface area contributed by atoms with E-state index in [9.17, 15) is 18.8 Å². The SMILES string of the molecule is COC(=O)CSc1ncc(-c2ccc(F)cc2)c(C2CCCN(C(=O)CNC(C)=O)C2)n1. The van der Waals surface area contributed by atoms with Gasteiger partial charge in [0.15, 0.2) is 5.16 Å². The quantitative estimate of drug-likeness (QED) is 0.385. The number of likely N-dealkylation sites (tertiary alicyclic amines) is 1. The molecule has 1 N–H and O–H groups in total. The lowest BCUT2D eigenvalue weighted by atomic mass is 9.90. The Morgan fingerprint density at radius 3 is 2.72 bits per heavy atom. The summed E-state index contributed by atoms with van der Waals surface area (Å²) in [6.07, 6.45) is 3.28. The molecule has 1 aliphatic rings. The Kier molecular flexibility index (Phi) is 8.15. The van der Waals surface area contributed by atoms with Gasteiger partial charge in [0, 0.05) is 37.7 Å². The Hall–Kier alpha value is -3.01. The maximum absolute atomic E-state index is 13.4. The van der Waals surface area contributed by atoms with Crippen LogP contribution in [0.4, 0.5) is 4.39 Å². The Bertz CT molecular complexity index is 986. The smallest absolute Gasteiger partial charge is 0.316 e. The van der Waals surface area contributed by atoms with Crippen molar-refractivity contribution in [1.29, 1.82) is 0 Å². The van der Waals surface area contributed by atoms with Gasteiger partial charge in [-0.15, -0.1) is 0 Å². The largest absolute Gasteiger partial charge is 0.468 e. The summed E-state index contributed by atoms with van der Waals surface area (Å²) in [5.74, 6) is -1.11. The minimum Gasteiger partial charge on any atom is -0.468 e. The number of hydrogen-bond donors (Lipinski definition) is 1. The van der Waals surface area contributed by atoms with Crippen LogP contribution in [0.5, 0.6) is 0 Å².